The third kappa shape index (κ3) is 3.06. The van der Waals surface area contributed by atoms with E-state index in [1.54, 1.807) is 18.2 Å². The van der Waals surface area contributed by atoms with Gasteiger partial charge in [-0.2, -0.15) is 0 Å². The Hall–Kier alpha value is -2.56. The van der Waals surface area contributed by atoms with Gasteiger partial charge in [0, 0.05) is 11.7 Å². The summed E-state index contributed by atoms with van der Waals surface area (Å²) >= 11 is 0. The van der Waals surface area contributed by atoms with E-state index in [0.29, 0.717) is 5.69 Å². The average molecular weight is 275 g/mol. The number of phenolic OH excluding ortho intramolecular Hbond substituents is 1. The number of phenols is 1. The van der Waals surface area contributed by atoms with Crippen molar-refractivity contribution in [2.75, 3.05) is 5.32 Å². The Morgan fingerprint density at radius 3 is 2.65 bits per heavy atom. The zero-order chi connectivity index (χ0) is 14.7. The van der Waals surface area contributed by atoms with E-state index in [2.05, 4.69) is 5.32 Å². The number of anilines is 1. The summed E-state index contributed by atoms with van der Waals surface area (Å²) in [5, 5.41) is 21.4. The van der Waals surface area contributed by atoms with E-state index in [9.17, 15) is 14.3 Å². The summed E-state index contributed by atoms with van der Waals surface area (Å²) in [5.74, 6) is -1.93. The van der Waals surface area contributed by atoms with Crippen molar-refractivity contribution in [2.24, 2.45) is 0 Å². The number of halogens is 1. The number of hydrogen-bond donors (Lipinski definition) is 3. The van der Waals surface area contributed by atoms with Crippen LogP contribution in [-0.2, 0) is 0 Å². The fourth-order valence-electron chi connectivity index (χ4n) is 1.91. The van der Waals surface area contributed by atoms with Crippen LogP contribution >= 0.6 is 0 Å². The lowest BCUT2D eigenvalue weighted by molar-refractivity contribution is 0.0692. The summed E-state index contributed by atoms with van der Waals surface area (Å²) in [6.07, 6.45) is 0. The SMILES string of the molecule is CC(Nc1ccc(F)c(C(=O)O)c1)c1cccc(O)c1. The van der Waals surface area contributed by atoms with E-state index in [1.807, 2.05) is 13.0 Å². The summed E-state index contributed by atoms with van der Waals surface area (Å²) in [5.41, 5.74) is 0.962. The van der Waals surface area contributed by atoms with Crippen molar-refractivity contribution in [2.45, 2.75) is 13.0 Å². The summed E-state index contributed by atoms with van der Waals surface area (Å²) < 4.78 is 13.3. The Kier molecular flexibility index (Phi) is 3.89. The molecule has 3 N–H and O–H groups in total. The summed E-state index contributed by atoms with van der Waals surface area (Å²) in [4.78, 5) is 10.9. The fourth-order valence-corrected chi connectivity index (χ4v) is 1.91. The van der Waals surface area contributed by atoms with Gasteiger partial charge in [0.05, 0.1) is 5.56 Å². The maximum absolute atomic E-state index is 13.3. The lowest BCUT2D eigenvalue weighted by atomic mass is 10.1. The van der Waals surface area contributed by atoms with Crippen molar-refractivity contribution in [3.8, 4) is 5.75 Å². The Morgan fingerprint density at radius 1 is 1.25 bits per heavy atom. The molecule has 0 saturated heterocycles. The largest absolute Gasteiger partial charge is 0.508 e. The van der Waals surface area contributed by atoms with Crippen molar-refractivity contribution in [1.29, 1.82) is 0 Å². The topological polar surface area (TPSA) is 69.6 Å². The maximum atomic E-state index is 13.3. The molecule has 0 heterocycles. The molecular weight excluding hydrogens is 261 g/mol. The molecule has 0 aliphatic heterocycles. The zero-order valence-electron chi connectivity index (χ0n) is 10.8. The van der Waals surface area contributed by atoms with Gasteiger partial charge in [0.1, 0.15) is 11.6 Å². The van der Waals surface area contributed by atoms with Crippen molar-refractivity contribution in [3.63, 3.8) is 0 Å². The zero-order valence-corrected chi connectivity index (χ0v) is 10.8. The van der Waals surface area contributed by atoms with E-state index < -0.39 is 11.8 Å². The van der Waals surface area contributed by atoms with Crippen molar-refractivity contribution in [1.82, 2.24) is 0 Å². The Bertz CT molecular complexity index is 643. The molecule has 4 nitrogen and oxygen atoms in total. The lowest BCUT2D eigenvalue weighted by Gasteiger charge is -2.16. The first kappa shape index (κ1) is 13.9. The molecule has 0 bridgehead atoms. The fraction of sp³-hybridized carbons (Fsp3) is 0.133. The molecule has 0 aliphatic rings. The van der Waals surface area contributed by atoms with Crippen molar-refractivity contribution in [3.05, 3.63) is 59.4 Å². The smallest absolute Gasteiger partial charge is 0.338 e. The van der Waals surface area contributed by atoms with E-state index in [0.717, 1.165) is 11.6 Å². The molecule has 20 heavy (non-hydrogen) atoms. The van der Waals surface area contributed by atoms with Crippen LogP contribution < -0.4 is 5.32 Å². The number of nitrogens with one attached hydrogen (secondary N) is 1. The quantitative estimate of drug-likeness (QED) is 0.799. The van der Waals surface area contributed by atoms with Gasteiger partial charge in [0.15, 0.2) is 0 Å². The van der Waals surface area contributed by atoms with Crippen LogP contribution in [0.4, 0.5) is 10.1 Å². The number of carboxylic acids is 1. The molecule has 2 rings (SSSR count). The normalized spacial score (nSPS) is 11.9. The minimum absolute atomic E-state index is 0.154. The monoisotopic (exact) mass is 275 g/mol. The van der Waals surface area contributed by atoms with Crippen LogP contribution in [0.1, 0.15) is 28.9 Å². The predicted molar refractivity (Wildman–Crippen MR) is 73.5 cm³/mol. The second-order valence-electron chi connectivity index (χ2n) is 4.46. The Labute approximate surface area is 115 Å². The van der Waals surface area contributed by atoms with Crippen molar-refractivity contribution < 1.29 is 19.4 Å². The highest BCUT2D eigenvalue weighted by Gasteiger charge is 2.12. The van der Waals surface area contributed by atoms with Crippen LogP contribution in [0.15, 0.2) is 42.5 Å². The van der Waals surface area contributed by atoms with Crippen molar-refractivity contribution >= 4 is 11.7 Å². The van der Waals surface area contributed by atoms with Crippen LogP contribution in [-0.4, -0.2) is 16.2 Å². The number of rotatable bonds is 4. The molecule has 0 aromatic heterocycles. The minimum Gasteiger partial charge on any atom is -0.508 e. The van der Waals surface area contributed by atoms with Crippen LogP contribution in [0.25, 0.3) is 0 Å². The molecule has 0 spiro atoms. The lowest BCUT2D eigenvalue weighted by Crippen LogP contribution is -2.08. The first-order chi connectivity index (χ1) is 9.47. The number of aromatic carboxylic acids is 1. The molecule has 2 aromatic rings. The van der Waals surface area contributed by atoms with Gasteiger partial charge in [-0.1, -0.05) is 12.1 Å². The molecule has 0 saturated carbocycles. The summed E-state index contributed by atoms with van der Waals surface area (Å²) in [6, 6.07) is 10.4. The van der Waals surface area contributed by atoms with Gasteiger partial charge in [0.2, 0.25) is 0 Å². The van der Waals surface area contributed by atoms with Gasteiger partial charge < -0.3 is 15.5 Å². The second kappa shape index (κ2) is 5.61. The van der Waals surface area contributed by atoms with E-state index in [4.69, 9.17) is 5.11 Å². The molecule has 0 aliphatic carbocycles. The highest BCUT2D eigenvalue weighted by Crippen LogP contribution is 2.23. The Balaban J connectivity index is 2.22. The molecule has 2 aromatic carbocycles. The number of benzene rings is 2. The molecule has 5 heteroatoms. The van der Waals surface area contributed by atoms with Crippen LogP contribution in [0.3, 0.4) is 0 Å². The average Bonchev–Trinajstić information content (AvgIpc) is 2.40. The summed E-state index contributed by atoms with van der Waals surface area (Å²) in [6.45, 7) is 1.86. The number of hydrogen-bond acceptors (Lipinski definition) is 3. The first-order valence-electron chi connectivity index (χ1n) is 6.05. The standard InChI is InChI=1S/C15H14FNO3/c1-9(10-3-2-4-12(18)7-10)17-11-5-6-14(16)13(8-11)15(19)20/h2-9,17-18H,1H3,(H,19,20). The third-order valence-corrected chi connectivity index (χ3v) is 2.95. The molecule has 104 valence electrons. The molecule has 0 amide bonds. The van der Waals surface area contributed by atoms with E-state index in [1.165, 1.54) is 12.1 Å². The van der Waals surface area contributed by atoms with E-state index in [-0.39, 0.29) is 17.4 Å². The number of carbonyl (C=O) groups is 1. The van der Waals surface area contributed by atoms with Gasteiger partial charge in [-0.3, -0.25) is 0 Å². The third-order valence-electron chi connectivity index (χ3n) is 2.95. The number of aromatic hydroxyl groups is 1. The highest BCUT2D eigenvalue weighted by molar-refractivity contribution is 5.89. The van der Waals surface area contributed by atoms with Gasteiger partial charge >= 0.3 is 5.97 Å². The first-order valence-corrected chi connectivity index (χ1v) is 6.05. The molecule has 1 unspecified atom stereocenters. The molecule has 1 atom stereocenters. The van der Waals surface area contributed by atoms with Crippen LogP contribution in [0, 0.1) is 5.82 Å². The molecule has 0 radical (unpaired) electrons. The molecule has 0 fully saturated rings. The van der Waals surface area contributed by atoms with Gasteiger partial charge in [-0.15, -0.1) is 0 Å². The molecular formula is C15H14FNO3. The van der Waals surface area contributed by atoms with E-state index >= 15 is 0 Å². The highest BCUT2D eigenvalue weighted by atomic mass is 19.1. The number of carboxylic acid groups (broad SMARTS) is 1. The van der Waals surface area contributed by atoms with Gasteiger partial charge in [0.25, 0.3) is 0 Å². The maximum Gasteiger partial charge on any atom is 0.338 e. The minimum atomic E-state index is -1.31. The summed E-state index contributed by atoms with van der Waals surface area (Å²) in [7, 11) is 0. The van der Waals surface area contributed by atoms with Gasteiger partial charge in [-0.25, -0.2) is 9.18 Å². The Morgan fingerprint density at radius 2 is 2.00 bits per heavy atom. The predicted octanol–water partition coefficient (Wildman–Crippen LogP) is 3.40. The van der Waals surface area contributed by atoms with Gasteiger partial charge in [-0.05, 0) is 42.8 Å². The second-order valence-corrected chi connectivity index (χ2v) is 4.46. The van der Waals surface area contributed by atoms with Crippen LogP contribution in [0.2, 0.25) is 0 Å². The van der Waals surface area contributed by atoms with Crippen LogP contribution in [0.5, 0.6) is 5.75 Å².